The number of hydrogen-bond donors (Lipinski definition) is 0. The van der Waals surface area contributed by atoms with Crippen LogP contribution in [0.25, 0.3) is 0 Å². The van der Waals surface area contributed by atoms with Crippen LogP contribution in [0.5, 0.6) is 0 Å². The highest BCUT2D eigenvalue weighted by atomic mass is 32.2. The lowest BCUT2D eigenvalue weighted by Crippen LogP contribution is -2.41. The Labute approximate surface area is 132 Å². The second-order valence-electron chi connectivity index (χ2n) is 6.39. The first-order chi connectivity index (χ1) is 10.2. The van der Waals surface area contributed by atoms with Crippen LogP contribution in [0.4, 0.5) is 0 Å². The van der Waals surface area contributed by atoms with Crippen LogP contribution in [0.3, 0.4) is 0 Å². The quantitative estimate of drug-likeness (QED) is 0.792. The SMILES string of the molecule is CC(C1CC1)N(C1CC1)S(=O)(=O)c1ccc(S(C)(=O)=O)cc1. The topological polar surface area (TPSA) is 71.5 Å². The fourth-order valence-electron chi connectivity index (χ4n) is 2.84. The standard InChI is InChI=1S/C15H21NO4S2/c1-11(12-3-4-12)16(13-5-6-13)22(19,20)15-9-7-14(8-10-15)21(2,17)18/h7-13H,3-6H2,1-2H3. The van der Waals surface area contributed by atoms with Crippen molar-refractivity contribution in [3.8, 4) is 0 Å². The Morgan fingerprint density at radius 2 is 1.45 bits per heavy atom. The van der Waals surface area contributed by atoms with E-state index in [2.05, 4.69) is 0 Å². The number of hydrogen-bond acceptors (Lipinski definition) is 4. The molecule has 0 N–H and O–H groups in total. The van der Waals surface area contributed by atoms with Crippen LogP contribution >= 0.6 is 0 Å². The van der Waals surface area contributed by atoms with Crippen LogP contribution in [0.1, 0.15) is 32.6 Å². The fraction of sp³-hybridized carbons (Fsp3) is 0.600. The van der Waals surface area contributed by atoms with Crippen molar-refractivity contribution in [1.82, 2.24) is 4.31 Å². The maximum absolute atomic E-state index is 12.9. The number of benzene rings is 1. The van der Waals surface area contributed by atoms with E-state index in [0.29, 0.717) is 5.92 Å². The van der Waals surface area contributed by atoms with Gasteiger partial charge >= 0.3 is 0 Å². The molecule has 0 spiro atoms. The summed E-state index contributed by atoms with van der Waals surface area (Å²) in [5, 5.41) is 0. The second kappa shape index (κ2) is 5.32. The monoisotopic (exact) mass is 343 g/mol. The third-order valence-electron chi connectivity index (χ3n) is 4.44. The molecule has 0 amide bonds. The van der Waals surface area contributed by atoms with Gasteiger partial charge in [0.1, 0.15) is 0 Å². The normalized spacial score (nSPS) is 21.0. The van der Waals surface area contributed by atoms with Gasteiger partial charge in [0.25, 0.3) is 0 Å². The number of nitrogens with zero attached hydrogens (tertiary/aromatic N) is 1. The number of rotatable bonds is 6. The third-order valence-corrected chi connectivity index (χ3v) is 7.62. The summed E-state index contributed by atoms with van der Waals surface area (Å²) in [7, 11) is -6.88. The van der Waals surface area contributed by atoms with Gasteiger partial charge in [-0.25, -0.2) is 16.8 Å². The van der Waals surface area contributed by atoms with Gasteiger partial charge in [-0.2, -0.15) is 4.31 Å². The molecular weight excluding hydrogens is 322 g/mol. The van der Waals surface area contributed by atoms with Crippen LogP contribution < -0.4 is 0 Å². The average Bonchev–Trinajstić information content (AvgIpc) is 3.30. The van der Waals surface area contributed by atoms with Crippen LogP contribution in [-0.2, 0) is 19.9 Å². The summed E-state index contributed by atoms with van der Waals surface area (Å²) >= 11 is 0. The summed E-state index contributed by atoms with van der Waals surface area (Å²) < 4.78 is 50.5. The first-order valence-corrected chi connectivity index (χ1v) is 10.9. The van der Waals surface area contributed by atoms with Gasteiger partial charge in [-0.05, 0) is 62.8 Å². The Bertz CT molecular complexity index is 760. The summed E-state index contributed by atoms with van der Waals surface area (Å²) in [6, 6.07) is 5.67. The van der Waals surface area contributed by atoms with E-state index >= 15 is 0 Å². The van der Waals surface area contributed by atoms with Gasteiger partial charge < -0.3 is 0 Å². The zero-order valence-corrected chi connectivity index (χ0v) is 14.4. The summed E-state index contributed by atoms with van der Waals surface area (Å²) in [5.74, 6) is 0.464. The van der Waals surface area contributed by atoms with Crippen LogP contribution in [0, 0.1) is 5.92 Å². The van der Waals surface area contributed by atoms with Gasteiger partial charge in [0.05, 0.1) is 9.79 Å². The molecule has 0 aliphatic heterocycles. The minimum atomic E-state index is -3.57. The van der Waals surface area contributed by atoms with Crippen molar-refractivity contribution >= 4 is 19.9 Å². The molecule has 2 fully saturated rings. The molecule has 1 aromatic rings. The molecule has 2 aliphatic rings. The maximum Gasteiger partial charge on any atom is 0.243 e. The largest absolute Gasteiger partial charge is 0.243 e. The van der Waals surface area contributed by atoms with Gasteiger partial charge in [0.2, 0.25) is 10.0 Å². The molecule has 0 aromatic heterocycles. The zero-order chi connectivity index (χ0) is 16.1. The van der Waals surface area contributed by atoms with E-state index in [-0.39, 0.29) is 21.9 Å². The van der Waals surface area contributed by atoms with E-state index in [4.69, 9.17) is 0 Å². The van der Waals surface area contributed by atoms with E-state index in [0.717, 1.165) is 31.9 Å². The molecule has 2 aliphatic carbocycles. The summed E-state index contributed by atoms with van der Waals surface area (Å²) in [6.07, 6.45) is 5.12. The molecule has 1 unspecified atom stereocenters. The molecule has 0 radical (unpaired) electrons. The lowest BCUT2D eigenvalue weighted by molar-refractivity contribution is 0.301. The Morgan fingerprint density at radius 3 is 1.86 bits per heavy atom. The smallest absolute Gasteiger partial charge is 0.224 e. The maximum atomic E-state index is 12.9. The summed E-state index contributed by atoms with van der Waals surface area (Å²) in [4.78, 5) is 0.318. The molecule has 0 heterocycles. The molecular formula is C15H21NO4S2. The summed E-state index contributed by atoms with van der Waals surface area (Å²) in [6.45, 7) is 1.98. The lowest BCUT2D eigenvalue weighted by Gasteiger charge is -2.28. The Kier molecular flexibility index (Phi) is 3.86. The Hall–Kier alpha value is -0.920. The highest BCUT2D eigenvalue weighted by Gasteiger charge is 2.45. The van der Waals surface area contributed by atoms with Crippen molar-refractivity contribution in [3.63, 3.8) is 0 Å². The fourth-order valence-corrected chi connectivity index (χ4v) is 5.41. The van der Waals surface area contributed by atoms with Crippen LogP contribution in [0.2, 0.25) is 0 Å². The molecule has 0 saturated heterocycles. The number of sulfone groups is 1. The summed E-state index contributed by atoms with van der Waals surface area (Å²) in [5.41, 5.74) is 0. The first-order valence-electron chi connectivity index (χ1n) is 7.55. The average molecular weight is 343 g/mol. The predicted octanol–water partition coefficient (Wildman–Crippen LogP) is 2.04. The molecule has 3 rings (SSSR count). The molecule has 1 aromatic carbocycles. The van der Waals surface area contributed by atoms with Crippen LogP contribution in [-0.4, -0.2) is 39.5 Å². The van der Waals surface area contributed by atoms with Gasteiger partial charge in [0, 0.05) is 18.3 Å². The number of sulfonamides is 1. The van der Waals surface area contributed by atoms with Crippen molar-refractivity contribution in [1.29, 1.82) is 0 Å². The van der Waals surface area contributed by atoms with E-state index < -0.39 is 19.9 Å². The lowest BCUT2D eigenvalue weighted by atomic mass is 10.2. The van der Waals surface area contributed by atoms with E-state index in [1.807, 2.05) is 6.92 Å². The van der Waals surface area contributed by atoms with Crippen molar-refractivity contribution in [2.75, 3.05) is 6.26 Å². The highest BCUT2D eigenvalue weighted by molar-refractivity contribution is 7.90. The van der Waals surface area contributed by atoms with Crippen molar-refractivity contribution < 1.29 is 16.8 Å². The minimum absolute atomic E-state index is 0.0204. The Morgan fingerprint density at radius 1 is 0.955 bits per heavy atom. The van der Waals surface area contributed by atoms with Crippen molar-refractivity contribution in [2.24, 2.45) is 5.92 Å². The van der Waals surface area contributed by atoms with Gasteiger partial charge in [-0.15, -0.1) is 0 Å². The van der Waals surface area contributed by atoms with Crippen molar-refractivity contribution in [2.45, 2.75) is 54.5 Å². The van der Waals surface area contributed by atoms with Crippen molar-refractivity contribution in [3.05, 3.63) is 24.3 Å². The minimum Gasteiger partial charge on any atom is -0.224 e. The zero-order valence-electron chi connectivity index (χ0n) is 12.8. The molecule has 0 bridgehead atoms. The van der Waals surface area contributed by atoms with Crippen LogP contribution in [0.15, 0.2) is 34.1 Å². The first kappa shape index (κ1) is 16.0. The molecule has 7 heteroatoms. The van der Waals surface area contributed by atoms with Gasteiger partial charge in [-0.3, -0.25) is 0 Å². The second-order valence-corrected chi connectivity index (χ2v) is 10.2. The van der Waals surface area contributed by atoms with E-state index in [1.165, 1.54) is 24.3 Å². The van der Waals surface area contributed by atoms with E-state index in [9.17, 15) is 16.8 Å². The van der Waals surface area contributed by atoms with Gasteiger partial charge in [0.15, 0.2) is 9.84 Å². The molecule has 22 heavy (non-hydrogen) atoms. The predicted molar refractivity (Wildman–Crippen MR) is 83.8 cm³/mol. The molecule has 2 saturated carbocycles. The molecule has 1 atom stereocenters. The van der Waals surface area contributed by atoms with E-state index in [1.54, 1.807) is 4.31 Å². The Balaban J connectivity index is 1.93. The van der Waals surface area contributed by atoms with Gasteiger partial charge in [-0.1, -0.05) is 0 Å². The highest BCUT2D eigenvalue weighted by Crippen LogP contribution is 2.42. The third kappa shape index (κ3) is 3.07. The molecule has 5 nitrogen and oxygen atoms in total. The molecule has 122 valence electrons.